The Morgan fingerprint density at radius 2 is 2.07 bits per heavy atom. The molecule has 0 bridgehead atoms. The van der Waals surface area contributed by atoms with Crippen molar-refractivity contribution in [3.05, 3.63) is 0 Å². The number of rotatable bonds is 3. The Morgan fingerprint density at radius 3 is 2.60 bits per heavy atom. The van der Waals surface area contributed by atoms with Crippen LogP contribution in [0.1, 0.15) is 13.8 Å². The van der Waals surface area contributed by atoms with Crippen molar-refractivity contribution in [2.24, 2.45) is 0 Å². The average molecular weight is 213 g/mol. The van der Waals surface area contributed by atoms with Crippen LogP contribution in [0.2, 0.25) is 0 Å². The van der Waals surface area contributed by atoms with Crippen LogP contribution in [-0.2, 0) is 9.59 Å². The van der Waals surface area contributed by atoms with Gasteiger partial charge in [-0.05, 0) is 20.9 Å². The van der Waals surface area contributed by atoms with Gasteiger partial charge in [0.15, 0.2) is 0 Å². The number of nitrogens with zero attached hydrogens (tertiary/aromatic N) is 2. The number of amides is 2. The predicted molar refractivity (Wildman–Crippen MR) is 57.3 cm³/mol. The molecule has 1 aliphatic rings. The third-order valence-corrected chi connectivity index (χ3v) is 2.75. The van der Waals surface area contributed by atoms with Crippen LogP contribution in [0.5, 0.6) is 0 Å². The van der Waals surface area contributed by atoms with E-state index < -0.39 is 5.91 Å². The summed E-state index contributed by atoms with van der Waals surface area (Å²) in [5, 5.41) is 3.01. The molecule has 5 nitrogen and oxygen atoms in total. The standard InChI is InChI=1S/C10H19N3O2/c1-7(5-11-3)13-8(2)6-12(4)9(14)10(13)15/h7-8,11H,5-6H2,1-4H3. The summed E-state index contributed by atoms with van der Waals surface area (Å²) < 4.78 is 0. The van der Waals surface area contributed by atoms with E-state index in [0.29, 0.717) is 13.1 Å². The molecule has 5 heteroatoms. The van der Waals surface area contributed by atoms with Gasteiger partial charge < -0.3 is 15.1 Å². The molecular weight excluding hydrogens is 194 g/mol. The van der Waals surface area contributed by atoms with Gasteiger partial charge in [-0.3, -0.25) is 9.59 Å². The first-order valence-corrected chi connectivity index (χ1v) is 5.21. The molecule has 0 saturated carbocycles. The van der Waals surface area contributed by atoms with Crippen LogP contribution in [0.3, 0.4) is 0 Å². The van der Waals surface area contributed by atoms with Crippen LogP contribution in [0.4, 0.5) is 0 Å². The van der Waals surface area contributed by atoms with Gasteiger partial charge in [0.2, 0.25) is 0 Å². The summed E-state index contributed by atoms with van der Waals surface area (Å²) in [6, 6.07) is 0.138. The Balaban J connectivity index is 2.78. The molecule has 86 valence electrons. The summed E-state index contributed by atoms with van der Waals surface area (Å²) in [6.45, 7) is 5.22. The summed E-state index contributed by atoms with van der Waals surface area (Å²) >= 11 is 0. The maximum atomic E-state index is 11.8. The summed E-state index contributed by atoms with van der Waals surface area (Å²) in [6.07, 6.45) is 0. The van der Waals surface area contributed by atoms with Crippen molar-refractivity contribution < 1.29 is 9.59 Å². The first-order chi connectivity index (χ1) is 6.99. The van der Waals surface area contributed by atoms with Gasteiger partial charge in [0.1, 0.15) is 0 Å². The second kappa shape index (κ2) is 4.61. The number of likely N-dealkylation sites (N-methyl/N-ethyl adjacent to an activating group) is 2. The molecule has 0 aliphatic carbocycles. The van der Waals surface area contributed by atoms with E-state index >= 15 is 0 Å². The van der Waals surface area contributed by atoms with Crippen LogP contribution in [0.25, 0.3) is 0 Å². The van der Waals surface area contributed by atoms with Gasteiger partial charge >= 0.3 is 11.8 Å². The zero-order valence-corrected chi connectivity index (χ0v) is 9.78. The van der Waals surface area contributed by atoms with E-state index in [0.717, 1.165) is 0 Å². The lowest BCUT2D eigenvalue weighted by Gasteiger charge is -2.40. The summed E-state index contributed by atoms with van der Waals surface area (Å²) in [4.78, 5) is 26.4. The molecule has 15 heavy (non-hydrogen) atoms. The zero-order valence-electron chi connectivity index (χ0n) is 9.78. The largest absolute Gasteiger partial charge is 0.335 e. The minimum Gasteiger partial charge on any atom is -0.335 e. The lowest BCUT2D eigenvalue weighted by Crippen LogP contribution is -2.61. The maximum absolute atomic E-state index is 11.8. The molecule has 2 unspecified atom stereocenters. The fourth-order valence-electron chi connectivity index (χ4n) is 2.07. The van der Waals surface area contributed by atoms with Crippen molar-refractivity contribution in [3.8, 4) is 0 Å². The molecule has 2 amide bonds. The van der Waals surface area contributed by atoms with Gasteiger partial charge in [-0.25, -0.2) is 0 Å². The van der Waals surface area contributed by atoms with Gasteiger partial charge in [-0.2, -0.15) is 0 Å². The van der Waals surface area contributed by atoms with Crippen LogP contribution < -0.4 is 5.32 Å². The minimum atomic E-state index is -0.406. The van der Waals surface area contributed by atoms with Crippen LogP contribution in [0.15, 0.2) is 0 Å². The highest BCUT2D eigenvalue weighted by molar-refractivity contribution is 6.35. The molecule has 1 saturated heterocycles. The Kier molecular flexibility index (Phi) is 3.68. The smallest absolute Gasteiger partial charge is 0.312 e. The van der Waals surface area contributed by atoms with Crippen molar-refractivity contribution in [2.75, 3.05) is 27.2 Å². The third-order valence-electron chi connectivity index (χ3n) is 2.75. The molecule has 1 fully saturated rings. The van der Waals surface area contributed by atoms with Gasteiger partial charge in [-0.1, -0.05) is 0 Å². The van der Waals surface area contributed by atoms with Crippen molar-refractivity contribution in [3.63, 3.8) is 0 Å². The number of carbonyl (C=O) groups excluding carboxylic acids is 2. The highest BCUT2D eigenvalue weighted by atomic mass is 16.2. The Bertz CT molecular complexity index is 263. The summed E-state index contributed by atoms with van der Waals surface area (Å²) in [5.74, 6) is -0.796. The van der Waals surface area contributed by atoms with Crippen molar-refractivity contribution >= 4 is 11.8 Å². The SMILES string of the molecule is CNCC(C)N1C(=O)C(=O)N(C)CC1C. The minimum absolute atomic E-state index is 0.0511. The molecule has 0 aromatic carbocycles. The van der Waals surface area contributed by atoms with Crippen molar-refractivity contribution in [1.82, 2.24) is 15.1 Å². The zero-order chi connectivity index (χ0) is 11.6. The van der Waals surface area contributed by atoms with Crippen molar-refractivity contribution in [1.29, 1.82) is 0 Å². The van der Waals surface area contributed by atoms with Crippen LogP contribution >= 0.6 is 0 Å². The van der Waals surface area contributed by atoms with Gasteiger partial charge in [-0.15, -0.1) is 0 Å². The number of carbonyl (C=O) groups is 2. The Hall–Kier alpha value is -1.10. The molecule has 0 aromatic heterocycles. The lowest BCUT2D eigenvalue weighted by atomic mass is 10.1. The lowest BCUT2D eigenvalue weighted by molar-refractivity contribution is -0.159. The highest BCUT2D eigenvalue weighted by Gasteiger charge is 2.37. The number of nitrogens with one attached hydrogen (secondary N) is 1. The van der Waals surface area contributed by atoms with E-state index in [1.807, 2.05) is 20.9 Å². The second-order valence-electron chi connectivity index (χ2n) is 4.15. The van der Waals surface area contributed by atoms with E-state index in [1.54, 1.807) is 11.9 Å². The van der Waals surface area contributed by atoms with E-state index in [4.69, 9.17) is 0 Å². The third kappa shape index (κ3) is 2.28. The Morgan fingerprint density at radius 1 is 1.47 bits per heavy atom. The first kappa shape index (κ1) is 12.0. The molecule has 0 radical (unpaired) electrons. The topological polar surface area (TPSA) is 52.7 Å². The molecule has 1 rings (SSSR count). The second-order valence-corrected chi connectivity index (χ2v) is 4.15. The number of hydrogen-bond acceptors (Lipinski definition) is 3. The molecule has 1 N–H and O–H groups in total. The number of hydrogen-bond donors (Lipinski definition) is 1. The molecular formula is C10H19N3O2. The molecule has 0 spiro atoms. The van der Waals surface area contributed by atoms with Crippen LogP contribution in [-0.4, -0.2) is 60.9 Å². The number of piperazine rings is 1. The molecule has 1 heterocycles. The summed E-state index contributed by atoms with van der Waals surface area (Å²) in [5.41, 5.74) is 0. The molecule has 1 aliphatic heterocycles. The van der Waals surface area contributed by atoms with Gasteiger partial charge in [0.25, 0.3) is 0 Å². The fourth-order valence-corrected chi connectivity index (χ4v) is 2.07. The van der Waals surface area contributed by atoms with E-state index in [2.05, 4.69) is 5.32 Å². The normalized spacial score (nSPS) is 24.7. The predicted octanol–water partition coefficient (Wildman–Crippen LogP) is -0.717. The first-order valence-electron chi connectivity index (χ1n) is 5.21. The summed E-state index contributed by atoms with van der Waals surface area (Å²) in [7, 11) is 3.50. The highest BCUT2D eigenvalue weighted by Crippen LogP contribution is 2.13. The molecule has 2 atom stereocenters. The quantitative estimate of drug-likeness (QED) is 0.630. The fraction of sp³-hybridized carbons (Fsp3) is 0.800. The Labute approximate surface area is 90.4 Å². The van der Waals surface area contributed by atoms with E-state index in [9.17, 15) is 9.59 Å². The van der Waals surface area contributed by atoms with Crippen molar-refractivity contribution in [2.45, 2.75) is 25.9 Å². The van der Waals surface area contributed by atoms with E-state index in [-0.39, 0.29) is 18.0 Å². The van der Waals surface area contributed by atoms with Gasteiger partial charge in [0.05, 0.1) is 0 Å². The molecule has 0 aromatic rings. The monoisotopic (exact) mass is 213 g/mol. The maximum Gasteiger partial charge on any atom is 0.312 e. The van der Waals surface area contributed by atoms with E-state index in [1.165, 1.54) is 4.90 Å². The van der Waals surface area contributed by atoms with Gasteiger partial charge in [0, 0.05) is 32.2 Å². The average Bonchev–Trinajstić information content (AvgIpc) is 2.15. The van der Waals surface area contributed by atoms with Crippen LogP contribution in [0, 0.1) is 0 Å².